The lowest BCUT2D eigenvalue weighted by atomic mass is 10.3. The number of hydrogen-bond acceptors (Lipinski definition) is 4. The van der Waals surface area contributed by atoms with E-state index in [9.17, 15) is 8.42 Å². The first-order valence-electron chi connectivity index (χ1n) is 6.49. The predicted molar refractivity (Wildman–Crippen MR) is 82.1 cm³/mol. The Morgan fingerprint density at radius 1 is 1.14 bits per heavy atom. The summed E-state index contributed by atoms with van der Waals surface area (Å²) in [6.45, 7) is 0.583. The molecule has 0 aliphatic heterocycles. The molecular formula is C15H15N3O2S. The SMILES string of the molecule is CS(=O)(=O)c1ccc(NCc2cn3ccccc3n2)cc1. The number of nitrogens with one attached hydrogen (secondary N) is 1. The van der Waals surface area contributed by atoms with E-state index in [0.29, 0.717) is 11.4 Å². The summed E-state index contributed by atoms with van der Waals surface area (Å²) in [5.41, 5.74) is 2.69. The molecule has 0 saturated carbocycles. The fourth-order valence-electron chi connectivity index (χ4n) is 2.08. The van der Waals surface area contributed by atoms with Gasteiger partial charge in [0.25, 0.3) is 0 Å². The van der Waals surface area contributed by atoms with Gasteiger partial charge in [-0.2, -0.15) is 0 Å². The minimum Gasteiger partial charge on any atom is -0.379 e. The number of aromatic nitrogens is 2. The van der Waals surface area contributed by atoms with Gasteiger partial charge >= 0.3 is 0 Å². The molecule has 0 spiro atoms. The summed E-state index contributed by atoms with van der Waals surface area (Å²) in [5.74, 6) is 0. The van der Waals surface area contributed by atoms with Gasteiger partial charge in [-0.3, -0.25) is 0 Å². The van der Waals surface area contributed by atoms with E-state index >= 15 is 0 Å². The molecule has 0 amide bonds. The molecule has 6 heteroatoms. The molecule has 5 nitrogen and oxygen atoms in total. The van der Waals surface area contributed by atoms with Crippen LogP contribution in [0.4, 0.5) is 5.69 Å². The second-order valence-corrected chi connectivity index (χ2v) is 6.86. The molecule has 0 unspecified atom stereocenters. The van der Waals surface area contributed by atoms with Crippen LogP contribution in [0.1, 0.15) is 5.69 Å². The van der Waals surface area contributed by atoms with Crippen molar-refractivity contribution in [3.8, 4) is 0 Å². The predicted octanol–water partition coefficient (Wildman–Crippen LogP) is 2.35. The minimum atomic E-state index is -3.15. The van der Waals surface area contributed by atoms with Gasteiger partial charge in [-0.1, -0.05) is 6.07 Å². The second-order valence-electron chi connectivity index (χ2n) is 4.85. The van der Waals surface area contributed by atoms with E-state index in [-0.39, 0.29) is 0 Å². The largest absolute Gasteiger partial charge is 0.379 e. The van der Waals surface area contributed by atoms with Crippen molar-refractivity contribution in [2.24, 2.45) is 0 Å². The number of pyridine rings is 1. The molecule has 0 aliphatic carbocycles. The third-order valence-electron chi connectivity index (χ3n) is 3.17. The Kier molecular flexibility index (Phi) is 3.39. The van der Waals surface area contributed by atoms with E-state index in [0.717, 1.165) is 17.0 Å². The maximum atomic E-state index is 11.4. The number of sulfone groups is 1. The average Bonchev–Trinajstić information content (AvgIpc) is 2.87. The summed E-state index contributed by atoms with van der Waals surface area (Å²) < 4.78 is 24.7. The molecule has 0 saturated heterocycles. The van der Waals surface area contributed by atoms with Crippen molar-refractivity contribution < 1.29 is 8.42 Å². The lowest BCUT2D eigenvalue weighted by Crippen LogP contribution is -2.01. The Bertz CT molecular complexity index is 834. The molecule has 0 atom stereocenters. The highest BCUT2D eigenvalue weighted by atomic mass is 32.2. The van der Waals surface area contributed by atoms with Crippen molar-refractivity contribution in [1.29, 1.82) is 0 Å². The van der Waals surface area contributed by atoms with Crippen molar-refractivity contribution in [1.82, 2.24) is 9.38 Å². The molecule has 0 aliphatic rings. The molecule has 21 heavy (non-hydrogen) atoms. The summed E-state index contributed by atoms with van der Waals surface area (Å²) in [5, 5.41) is 3.23. The maximum absolute atomic E-state index is 11.4. The van der Waals surface area contributed by atoms with Crippen LogP contribution in [0.3, 0.4) is 0 Å². The molecule has 1 N–H and O–H groups in total. The van der Waals surface area contributed by atoms with E-state index in [4.69, 9.17) is 0 Å². The fourth-order valence-corrected chi connectivity index (χ4v) is 2.72. The van der Waals surface area contributed by atoms with Crippen LogP contribution in [0, 0.1) is 0 Å². The van der Waals surface area contributed by atoms with E-state index in [1.54, 1.807) is 24.3 Å². The summed E-state index contributed by atoms with van der Waals surface area (Å²) in [7, 11) is -3.15. The van der Waals surface area contributed by atoms with Crippen molar-refractivity contribution in [3.05, 3.63) is 60.6 Å². The van der Waals surface area contributed by atoms with Gasteiger partial charge in [0.05, 0.1) is 17.1 Å². The van der Waals surface area contributed by atoms with Gasteiger partial charge in [-0.25, -0.2) is 13.4 Å². The first kappa shape index (κ1) is 13.6. The number of anilines is 1. The number of rotatable bonds is 4. The molecule has 3 aromatic rings. The van der Waals surface area contributed by atoms with Gasteiger partial charge in [0.2, 0.25) is 0 Å². The normalized spacial score (nSPS) is 11.7. The summed E-state index contributed by atoms with van der Waals surface area (Å²) in [6.07, 6.45) is 5.12. The summed E-state index contributed by atoms with van der Waals surface area (Å²) in [6, 6.07) is 12.6. The molecule has 0 radical (unpaired) electrons. The van der Waals surface area contributed by atoms with Gasteiger partial charge < -0.3 is 9.72 Å². The number of nitrogens with zero attached hydrogens (tertiary/aromatic N) is 2. The zero-order valence-corrected chi connectivity index (χ0v) is 12.3. The minimum absolute atomic E-state index is 0.320. The second kappa shape index (κ2) is 5.21. The molecule has 3 rings (SSSR count). The van der Waals surface area contributed by atoms with E-state index in [1.807, 2.05) is 35.0 Å². The lowest BCUT2D eigenvalue weighted by Gasteiger charge is -2.05. The summed E-state index contributed by atoms with van der Waals surface area (Å²) in [4.78, 5) is 4.81. The molecule has 0 fully saturated rings. The van der Waals surface area contributed by atoms with Crippen LogP contribution in [0.2, 0.25) is 0 Å². The van der Waals surface area contributed by atoms with Gasteiger partial charge in [0.1, 0.15) is 5.65 Å². The van der Waals surface area contributed by atoms with Crippen LogP contribution in [0.15, 0.2) is 59.8 Å². The zero-order valence-electron chi connectivity index (χ0n) is 11.5. The monoisotopic (exact) mass is 301 g/mol. The third-order valence-corrected chi connectivity index (χ3v) is 4.30. The van der Waals surface area contributed by atoms with E-state index in [1.165, 1.54) is 6.26 Å². The van der Waals surface area contributed by atoms with Crippen molar-refractivity contribution >= 4 is 21.2 Å². The molecule has 0 bridgehead atoms. The highest BCUT2D eigenvalue weighted by Gasteiger charge is 2.06. The van der Waals surface area contributed by atoms with Crippen molar-refractivity contribution in [2.75, 3.05) is 11.6 Å². The topological polar surface area (TPSA) is 63.5 Å². The van der Waals surface area contributed by atoms with Gasteiger partial charge in [0.15, 0.2) is 9.84 Å². The molecule has 1 aromatic carbocycles. The van der Waals surface area contributed by atoms with Crippen LogP contribution >= 0.6 is 0 Å². The first-order valence-corrected chi connectivity index (χ1v) is 8.38. The Hall–Kier alpha value is -2.34. The van der Waals surface area contributed by atoms with Crippen LogP contribution in [0.25, 0.3) is 5.65 Å². The van der Waals surface area contributed by atoms with Crippen LogP contribution < -0.4 is 5.32 Å². The third kappa shape index (κ3) is 3.05. The van der Waals surface area contributed by atoms with Crippen LogP contribution in [0.5, 0.6) is 0 Å². The molecule has 108 valence electrons. The number of benzene rings is 1. The standard InChI is InChI=1S/C15H15N3O2S/c1-21(19,20)14-7-5-12(6-8-14)16-10-13-11-18-9-3-2-4-15(18)17-13/h2-9,11,16H,10H2,1H3. The summed E-state index contributed by atoms with van der Waals surface area (Å²) >= 11 is 0. The average molecular weight is 301 g/mol. The van der Waals surface area contributed by atoms with E-state index in [2.05, 4.69) is 10.3 Å². The Morgan fingerprint density at radius 3 is 2.57 bits per heavy atom. The zero-order chi connectivity index (χ0) is 14.9. The highest BCUT2D eigenvalue weighted by Crippen LogP contribution is 2.15. The Balaban J connectivity index is 1.72. The Morgan fingerprint density at radius 2 is 1.90 bits per heavy atom. The highest BCUT2D eigenvalue weighted by molar-refractivity contribution is 7.90. The molecular weight excluding hydrogens is 286 g/mol. The van der Waals surface area contributed by atoms with Crippen LogP contribution in [-0.4, -0.2) is 24.1 Å². The van der Waals surface area contributed by atoms with E-state index < -0.39 is 9.84 Å². The first-order chi connectivity index (χ1) is 10.0. The number of fused-ring (bicyclic) bond motifs is 1. The molecule has 2 aromatic heterocycles. The Labute approximate surface area is 123 Å². The van der Waals surface area contributed by atoms with Gasteiger partial charge in [0, 0.05) is 24.3 Å². The number of hydrogen-bond donors (Lipinski definition) is 1. The maximum Gasteiger partial charge on any atom is 0.175 e. The van der Waals surface area contributed by atoms with Crippen molar-refractivity contribution in [3.63, 3.8) is 0 Å². The fraction of sp³-hybridized carbons (Fsp3) is 0.133. The smallest absolute Gasteiger partial charge is 0.175 e. The molecule has 2 heterocycles. The van der Waals surface area contributed by atoms with Crippen LogP contribution in [-0.2, 0) is 16.4 Å². The van der Waals surface area contributed by atoms with Crippen molar-refractivity contribution in [2.45, 2.75) is 11.4 Å². The quantitative estimate of drug-likeness (QED) is 0.803. The number of imidazole rings is 1. The van der Waals surface area contributed by atoms with Gasteiger partial charge in [-0.05, 0) is 36.4 Å². The lowest BCUT2D eigenvalue weighted by molar-refractivity contribution is 0.602. The van der Waals surface area contributed by atoms with Gasteiger partial charge in [-0.15, -0.1) is 0 Å².